The molecule has 0 bridgehead atoms. The zero-order valence-electron chi connectivity index (χ0n) is 20.2. The molecule has 1 aliphatic heterocycles. The van der Waals surface area contributed by atoms with E-state index in [0.29, 0.717) is 28.8 Å². The number of benzene rings is 2. The van der Waals surface area contributed by atoms with Gasteiger partial charge in [-0.25, -0.2) is 9.67 Å². The van der Waals surface area contributed by atoms with E-state index in [1.54, 1.807) is 18.0 Å². The van der Waals surface area contributed by atoms with Crippen LogP contribution < -0.4 is 4.74 Å². The number of pyridine rings is 1. The highest BCUT2D eigenvalue weighted by Crippen LogP contribution is 2.31. The highest BCUT2D eigenvalue weighted by molar-refractivity contribution is 6.42. The van der Waals surface area contributed by atoms with E-state index < -0.39 is 0 Å². The van der Waals surface area contributed by atoms with E-state index in [9.17, 15) is 4.79 Å². The molecule has 4 aromatic rings. The topological polar surface area (TPSA) is 63.5 Å². The average Bonchev–Trinajstić information content (AvgIpc) is 3.22. The molecule has 3 heterocycles. The van der Waals surface area contributed by atoms with Crippen LogP contribution in [-0.4, -0.2) is 63.8 Å². The highest BCUT2D eigenvalue weighted by Gasteiger charge is 2.23. The first-order chi connectivity index (χ1) is 17.4. The fourth-order valence-corrected chi connectivity index (χ4v) is 5.00. The van der Waals surface area contributed by atoms with Gasteiger partial charge in [-0.2, -0.15) is 5.10 Å². The summed E-state index contributed by atoms with van der Waals surface area (Å²) >= 11 is 12.2. The minimum atomic E-state index is 0.0465. The summed E-state index contributed by atoms with van der Waals surface area (Å²) in [7, 11) is 1.65. The number of carbonyl (C=O) groups excluding carboxylic acids is 1. The summed E-state index contributed by atoms with van der Waals surface area (Å²) in [4.78, 5) is 22.0. The molecule has 5 rings (SSSR count). The lowest BCUT2D eigenvalue weighted by Crippen LogP contribution is -2.49. The largest absolute Gasteiger partial charge is 0.497 e. The number of amides is 1. The molecule has 1 fully saturated rings. The second kappa shape index (κ2) is 10.5. The molecule has 0 aliphatic carbocycles. The van der Waals surface area contributed by atoms with E-state index in [2.05, 4.69) is 15.0 Å². The van der Waals surface area contributed by atoms with Crippen LogP contribution in [0.2, 0.25) is 10.0 Å². The van der Waals surface area contributed by atoms with Crippen molar-refractivity contribution in [3.8, 4) is 16.9 Å². The molecule has 9 heteroatoms. The number of hydrogen-bond donors (Lipinski definition) is 0. The first-order valence-corrected chi connectivity index (χ1v) is 12.6. The highest BCUT2D eigenvalue weighted by atomic mass is 35.5. The molecular formula is C27H27Cl2N5O2. The Kier molecular flexibility index (Phi) is 7.14. The first kappa shape index (κ1) is 24.6. The van der Waals surface area contributed by atoms with Crippen molar-refractivity contribution in [1.82, 2.24) is 24.6 Å². The smallest absolute Gasteiger partial charge is 0.244 e. The van der Waals surface area contributed by atoms with Crippen LogP contribution in [0, 0.1) is 6.92 Å². The predicted molar refractivity (Wildman–Crippen MR) is 143 cm³/mol. The maximum atomic E-state index is 13.2. The number of ether oxygens (including phenoxy) is 1. The maximum absolute atomic E-state index is 13.2. The molecule has 0 spiro atoms. The Labute approximate surface area is 220 Å². The van der Waals surface area contributed by atoms with Gasteiger partial charge in [0.1, 0.15) is 12.3 Å². The van der Waals surface area contributed by atoms with Crippen molar-refractivity contribution < 1.29 is 9.53 Å². The molecule has 0 atom stereocenters. The summed E-state index contributed by atoms with van der Waals surface area (Å²) in [6, 6.07) is 15.6. The molecule has 36 heavy (non-hydrogen) atoms. The van der Waals surface area contributed by atoms with Gasteiger partial charge in [-0.15, -0.1) is 0 Å². The number of hydrogen-bond acceptors (Lipinski definition) is 5. The third-order valence-corrected chi connectivity index (χ3v) is 7.35. The van der Waals surface area contributed by atoms with E-state index >= 15 is 0 Å². The fraction of sp³-hybridized carbons (Fsp3) is 0.296. The normalized spacial score (nSPS) is 14.4. The van der Waals surface area contributed by atoms with Crippen LogP contribution in [0.1, 0.15) is 11.3 Å². The van der Waals surface area contributed by atoms with Crippen molar-refractivity contribution in [2.45, 2.75) is 20.0 Å². The Hall–Kier alpha value is -3.13. The summed E-state index contributed by atoms with van der Waals surface area (Å²) in [6.45, 7) is 5.83. The number of piperazine rings is 1. The molecule has 2 aromatic carbocycles. The van der Waals surface area contributed by atoms with Gasteiger partial charge >= 0.3 is 0 Å². The van der Waals surface area contributed by atoms with Crippen molar-refractivity contribution in [1.29, 1.82) is 0 Å². The van der Waals surface area contributed by atoms with Crippen LogP contribution in [0.3, 0.4) is 0 Å². The van der Waals surface area contributed by atoms with Crippen LogP contribution in [0.25, 0.3) is 22.2 Å². The lowest BCUT2D eigenvalue weighted by atomic mass is 10.0. The second-order valence-electron chi connectivity index (χ2n) is 8.93. The first-order valence-electron chi connectivity index (χ1n) is 11.8. The van der Waals surface area contributed by atoms with Crippen molar-refractivity contribution in [3.63, 3.8) is 0 Å². The van der Waals surface area contributed by atoms with Crippen LogP contribution in [-0.2, 0) is 17.9 Å². The van der Waals surface area contributed by atoms with Crippen molar-refractivity contribution >= 4 is 40.1 Å². The Bertz CT molecular complexity index is 1400. The molecule has 1 saturated heterocycles. The standard InChI is InChI=1S/C27H27Cl2N5O2/c1-18-26-22(20-4-6-21(36-2)7-5-20)9-10-30-27(26)34(31-18)17-25(35)33-13-11-32(12-14-33)16-19-3-8-23(28)24(29)15-19/h3-10,15H,11-14,16-17H2,1-2H3. The Morgan fingerprint density at radius 3 is 2.44 bits per heavy atom. The lowest BCUT2D eigenvalue weighted by molar-refractivity contribution is -0.133. The maximum Gasteiger partial charge on any atom is 0.244 e. The predicted octanol–water partition coefficient (Wildman–Crippen LogP) is 5.07. The molecule has 1 amide bonds. The number of fused-ring (bicyclic) bond motifs is 1. The minimum Gasteiger partial charge on any atom is -0.497 e. The molecular weight excluding hydrogens is 497 g/mol. The van der Waals surface area contributed by atoms with Gasteiger partial charge < -0.3 is 9.64 Å². The van der Waals surface area contributed by atoms with Crippen LogP contribution in [0.4, 0.5) is 0 Å². The van der Waals surface area contributed by atoms with E-state index in [0.717, 1.165) is 53.2 Å². The Morgan fingerprint density at radius 2 is 1.75 bits per heavy atom. The SMILES string of the molecule is COc1ccc(-c2ccnc3c2c(C)nn3CC(=O)N2CCN(Cc3ccc(Cl)c(Cl)c3)CC2)cc1. The van der Waals surface area contributed by atoms with Gasteiger partial charge in [-0.05, 0) is 53.9 Å². The summed E-state index contributed by atoms with van der Waals surface area (Å²) in [5, 5.41) is 6.76. The van der Waals surface area contributed by atoms with E-state index in [4.69, 9.17) is 27.9 Å². The summed E-state index contributed by atoms with van der Waals surface area (Å²) in [6.07, 6.45) is 1.77. The van der Waals surface area contributed by atoms with Gasteiger partial charge in [0.05, 0.1) is 22.8 Å². The number of methoxy groups -OCH3 is 1. The monoisotopic (exact) mass is 523 g/mol. The summed E-state index contributed by atoms with van der Waals surface area (Å²) in [5.74, 6) is 0.851. The lowest BCUT2D eigenvalue weighted by Gasteiger charge is -2.34. The zero-order chi connectivity index (χ0) is 25.2. The third-order valence-electron chi connectivity index (χ3n) is 6.61. The average molecular weight is 524 g/mol. The molecule has 0 radical (unpaired) electrons. The fourth-order valence-electron chi connectivity index (χ4n) is 4.68. The molecule has 0 N–H and O–H groups in total. The number of carbonyl (C=O) groups is 1. The Balaban J connectivity index is 1.27. The second-order valence-corrected chi connectivity index (χ2v) is 9.75. The van der Waals surface area contributed by atoms with Crippen LogP contribution in [0.15, 0.2) is 54.7 Å². The van der Waals surface area contributed by atoms with Crippen LogP contribution in [0.5, 0.6) is 5.75 Å². The zero-order valence-corrected chi connectivity index (χ0v) is 21.8. The van der Waals surface area contributed by atoms with Gasteiger partial charge in [0.15, 0.2) is 5.65 Å². The molecule has 2 aromatic heterocycles. The van der Waals surface area contributed by atoms with E-state index in [-0.39, 0.29) is 12.5 Å². The van der Waals surface area contributed by atoms with E-state index in [1.807, 2.05) is 60.4 Å². The summed E-state index contributed by atoms with van der Waals surface area (Å²) < 4.78 is 7.01. The van der Waals surface area contributed by atoms with Gasteiger partial charge in [-0.3, -0.25) is 9.69 Å². The quantitative estimate of drug-likeness (QED) is 0.353. The molecule has 0 unspecified atom stereocenters. The number of aromatic nitrogens is 3. The number of aryl methyl sites for hydroxylation is 1. The number of rotatable bonds is 6. The van der Waals surface area contributed by atoms with Gasteiger partial charge in [0.25, 0.3) is 0 Å². The molecule has 1 aliphatic rings. The molecule has 7 nitrogen and oxygen atoms in total. The minimum absolute atomic E-state index is 0.0465. The number of nitrogens with zero attached hydrogens (tertiary/aromatic N) is 5. The van der Waals surface area contributed by atoms with Crippen molar-refractivity contribution in [2.75, 3.05) is 33.3 Å². The van der Waals surface area contributed by atoms with Gasteiger partial charge in [0, 0.05) is 44.3 Å². The number of halogens is 2. The third kappa shape index (κ3) is 5.05. The van der Waals surface area contributed by atoms with Crippen LogP contribution >= 0.6 is 23.2 Å². The Morgan fingerprint density at radius 1 is 1.00 bits per heavy atom. The molecule has 186 valence electrons. The van der Waals surface area contributed by atoms with E-state index in [1.165, 1.54) is 0 Å². The van der Waals surface area contributed by atoms with Gasteiger partial charge in [0.2, 0.25) is 5.91 Å². The van der Waals surface area contributed by atoms with Crippen molar-refractivity contribution in [2.24, 2.45) is 0 Å². The molecule has 0 saturated carbocycles. The van der Waals surface area contributed by atoms with Crippen molar-refractivity contribution in [3.05, 3.63) is 76.0 Å². The van der Waals surface area contributed by atoms with Gasteiger partial charge in [-0.1, -0.05) is 41.4 Å². The summed E-state index contributed by atoms with van der Waals surface area (Å²) in [5.41, 5.74) is 4.77.